The van der Waals surface area contributed by atoms with Crippen LogP contribution < -0.4 is 0 Å². The van der Waals surface area contributed by atoms with Crippen LogP contribution in [-0.2, 0) is 20.7 Å². The lowest BCUT2D eigenvalue weighted by Crippen LogP contribution is -2.42. The maximum absolute atomic E-state index is 11.9. The molecular formula is C15H17NO5. The molecule has 6 heteroatoms. The third-order valence-corrected chi connectivity index (χ3v) is 3.36. The second-order valence-electron chi connectivity index (χ2n) is 4.93. The van der Waals surface area contributed by atoms with E-state index in [4.69, 9.17) is 4.74 Å². The number of amides is 1. The van der Waals surface area contributed by atoms with Crippen molar-refractivity contribution < 1.29 is 24.2 Å². The molecule has 1 aromatic rings. The summed E-state index contributed by atoms with van der Waals surface area (Å²) in [6.07, 6.45) is -1.19. The average Bonchev–Trinajstić information content (AvgIpc) is 2.48. The number of carbonyl (C=O) groups excluding carboxylic acids is 2. The van der Waals surface area contributed by atoms with Gasteiger partial charge >= 0.3 is 12.1 Å². The summed E-state index contributed by atoms with van der Waals surface area (Å²) in [4.78, 5) is 35.7. The Bertz CT molecular complexity index is 518. The van der Waals surface area contributed by atoms with E-state index in [1.807, 2.05) is 6.07 Å². The molecule has 1 aromatic carbocycles. The SMILES string of the molecule is O=C1CCN(C(=O)OC(Cc2ccccc2)C(=O)O)CC1. The Balaban J connectivity index is 1.95. The molecule has 0 aromatic heterocycles. The molecule has 6 nitrogen and oxygen atoms in total. The molecule has 1 unspecified atom stereocenters. The maximum atomic E-state index is 11.9. The number of Topliss-reactive ketones (excluding diaryl/α,β-unsaturated/α-hetero) is 1. The van der Waals surface area contributed by atoms with Crippen molar-refractivity contribution in [2.24, 2.45) is 0 Å². The monoisotopic (exact) mass is 291 g/mol. The first kappa shape index (κ1) is 15.0. The van der Waals surface area contributed by atoms with Crippen LogP contribution in [0.3, 0.4) is 0 Å². The van der Waals surface area contributed by atoms with Crippen molar-refractivity contribution in [1.29, 1.82) is 0 Å². The molecule has 0 spiro atoms. The first-order chi connectivity index (χ1) is 10.1. The number of piperidine rings is 1. The van der Waals surface area contributed by atoms with Gasteiger partial charge in [0.15, 0.2) is 0 Å². The lowest BCUT2D eigenvalue weighted by Gasteiger charge is -2.26. The van der Waals surface area contributed by atoms with E-state index >= 15 is 0 Å². The normalized spacial score (nSPS) is 16.4. The Morgan fingerprint density at radius 2 is 1.81 bits per heavy atom. The van der Waals surface area contributed by atoms with Gasteiger partial charge in [0, 0.05) is 32.4 Å². The van der Waals surface area contributed by atoms with Crippen molar-refractivity contribution in [2.75, 3.05) is 13.1 Å². The molecule has 1 amide bonds. The number of ether oxygens (including phenoxy) is 1. The number of aliphatic carboxylic acids is 1. The summed E-state index contributed by atoms with van der Waals surface area (Å²) in [6.45, 7) is 0.574. The molecule has 2 rings (SSSR count). The van der Waals surface area contributed by atoms with Gasteiger partial charge in [0.2, 0.25) is 6.10 Å². The van der Waals surface area contributed by atoms with E-state index in [0.717, 1.165) is 5.56 Å². The summed E-state index contributed by atoms with van der Waals surface area (Å²) in [6, 6.07) is 8.99. The number of carboxylic acids is 1. The Labute approximate surface area is 122 Å². The third kappa shape index (κ3) is 4.30. The van der Waals surface area contributed by atoms with Gasteiger partial charge in [-0.05, 0) is 5.56 Å². The first-order valence-corrected chi connectivity index (χ1v) is 6.80. The van der Waals surface area contributed by atoms with Crippen LogP contribution in [0.4, 0.5) is 4.79 Å². The van der Waals surface area contributed by atoms with Crippen molar-refractivity contribution in [3.63, 3.8) is 0 Å². The summed E-state index contributed by atoms with van der Waals surface area (Å²) >= 11 is 0. The highest BCUT2D eigenvalue weighted by atomic mass is 16.6. The van der Waals surface area contributed by atoms with E-state index in [2.05, 4.69) is 0 Å². The molecule has 0 bridgehead atoms. The zero-order chi connectivity index (χ0) is 15.2. The van der Waals surface area contributed by atoms with Crippen molar-refractivity contribution in [3.8, 4) is 0 Å². The molecule has 0 aliphatic carbocycles. The molecule has 1 saturated heterocycles. The highest BCUT2D eigenvalue weighted by Crippen LogP contribution is 2.11. The summed E-state index contributed by atoms with van der Waals surface area (Å²) in [5.41, 5.74) is 0.784. The largest absolute Gasteiger partial charge is 0.478 e. The van der Waals surface area contributed by atoms with E-state index < -0.39 is 18.2 Å². The molecule has 1 heterocycles. The summed E-state index contributed by atoms with van der Waals surface area (Å²) in [5, 5.41) is 9.17. The number of ketones is 1. The maximum Gasteiger partial charge on any atom is 0.410 e. The van der Waals surface area contributed by atoms with E-state index in [1.54, 1.807) is 24.3 Å². The molecule has 0 saturated carbocycles. The van der Waals surface area contributed by atoms with E-state index in [0.29, 0.717) is 12.8 Å². The van der Waals surface area contributed by atoms with E-state index in [-0.39, 0.29) is 25.3 Å². The van der Waals surface area contributed by atoms with Crippen molar-refractivity contribution in [2.45, 2.75) is 25.4 Å². The topological polar surface area (TPSA) is 83.9 Å². The fourth-order valence-corrected chi connectivity index (χ4v) is 2.14. The van der Waals surface area contributed by atoms with Crippen molar-refractivity contribution >= 4 is 17.8 Å². The van der Waals surface area contributed by atoms with E-state index in [1.165, 1.54) is 4.90 Å². The fourth-order valence-electron chi connectivity index (χ4n) is 2.14. The number of likely N-dealkylation sites (tertiary alicyclic amines) is 1. The van der Waals surface area contributed by atoms with Gasteiger partial charge < -0.3 is 14.7 Å². The van der Waals surface area contributed by atoms with Crippen LogP contribution in [0.2, 0.25) is 0 Å². The van der Waals surface area contributed by atoms with Gasteiger partial charge in [0.25, 0.3) is 0 Å². The third-order valence-electron chi connectivity index (χ3n) is 3.36. The number of carboxylic acid groups (broad SMARTS) is 1. The minimum absolute atomic E-state index is 0.109. The van der Waals surface area contributed by atoms with Crippen molar-refractivity contribution in [1.82, 2.24) is 4.90 Å². The molecule has 1 atom stereocenters. The van der Waals surface area contributed by atoms with Gasteiger partial charge in [-0.3, -0.25) is 4.79 Å². The van der Waals surface area contributed by atoms with Gasteiger partial charge in [0.05, 0.1) is 0 Å². The molecular weight excluding hydrogens is 274 g/mol. The van der Waals surface area contributed by atoms with Crippen LogP contribution in [0.15, 0.2) is 30.3 Å². The Morgan fingerprint density at radius 1 is 1.19 bits per heavy atom. The Kier molecular flexibility index (Phi) is 4.92. The molecule has 1 aliphatic heterocycles. The molecule has 0 radical (unpaired) electrons. The molecule has 1 N–H and O–H groups in total. The summed E-state index contributed by atoms with van der Waals surface area (Å²) < 4.78 is 5.07. The number of benzene rings is 1. The van der Waals surface area contributed by atoms with Crippen LogP contribution in [0.1, 0.15) is 18.4 Å². The minimum atomic E-state index is -1.22. The van der Waals surface area contributed by atoms with E-state index in [9.17, 15) is 19.5 Å². The fraction of sp³-hybridized carbons (Fsp3) is 0.400. The van der Waals surface area contributed by atoms with Gasteiger partial charge in [-0.2, -0.15) is 0 Å². The molecule has 1 fully saturated rings. The standard InChI is InChI=1S/C15H17NO5/c17-12-6-8-16(9-7-12)15(20)21-13(14(18)19)10-11-4-2-1-3-5-11/h1-5,13H,6-10H2,(H,18,19). The summed E-state index contributed by atoms with van der Waals surface area (Å²) in [7, 11) is 0. The quantitative estimate of drug-likeness (QED) is 0.908. The number of carbonyl (C=O) groups is 3. The number of nitrogens with zero attached hydrogens (tertiary/aromatic N) is 1. The number of hydrogen-bond donors (Lipinski definition) is 1. The first-order valence-electron chi connectivity index (χ1n) is 6.80. The number of rotatable bonds is 4. The second kappa shape index (κ2) is 6.88. The Morgan fingerprint density at radius 3 is 2.38 bits per heavy atom. The number of hydrogen-bond acceptors (Lipinski definition) is 4. The highest BCUT2D eigenvalue weighted by Gasteiger charge is 2.28. The van der Waals surface area contributed by atoms with Gasteiger partial charge in [0.1, 0.15) is 5.78 Å². The van der Waals surface area contributed by atoms with Gasteiger partial charge in [-0.25, -0.2) is 9.59 Å². The lowest BCUT2D eigenvalue weighted by atomic mass is 10.1. The lowest BCUT2D eigenvalue weighted by molar-refractivity contribution is -0.147. The minimum Gasteiger partial charge on any atom is -0.478 e. The van der Waals surface area contributed by atoms with Crippen LogP contribution in [0.5, 0.6) is 0 Å². The smallest absolute Gasteiger partial charge is 0.410 e. The predicted molar refractivity (Wildman–Crippen MR) is 73.9 cm³/mol. The van der Waals surface area contributed by atoms with Crippen molar-refractivity contribution in [3.05, 3.63) is 35.9 Å². The highest BCUT2D eigenvalue weighted by molar-refractivity contribution is 5.82. The zero-order valence-electron chi connectivity index (χ0n) is 11.5. The second-order valence-corrected chi connectivity index (χ2v) is 4.93. The van der Waals surface area contributed by atoms with Crippen LogP contribution in [0, 0.1) is 0 Å². The molecule has 1 aliphatic rings. The van der Waals surface area contributed by atoms with Gasteiger partial charge in [-0.1, -0.05) is 30.3 Å². The van der Waals surface area contributed by atoms with Crippen LogP contribution in [-0.4, -0.2) is 47.0 Å². The summed E-state index contributed by atoms with van der Waals surface area (Å²) in [5.74, 6) is -1.07. The Hall–Kier alpha value is -2.37. The van der Waals surface area contributed by atoms with Gasteiger partial charge in [-0.15, -0.1) is 0 Å². The molecule has 21 heavy (non-hydrogen) atoms. The molecule has 112 valence electrons. The predicted octanol–water partition coefficient (Wildman–Crippen LogP) is 1.48. The van der Waals surface area contributed by atoms with Crippen LogP contribution in [0.25, 0.3) is 0 Å². The zero-order valence-corrected chi connectivity index (χ0v) is 11.5. The van der Waals surface area contributed by atoms with Crippen LogP contribution >= 0.6 is 0 Å². The average molecular weight is 291 g/mol.